The molecule has 0 bridgehead atoms. The summed E-state index contributed by atoms with van der Waals surface area (Å²) in [7, 11) is 1.64. The number of likely N-dealkylation sites (tertiary alicyclic amines) is 1. The highest BCUT2D eigenvalue weighted by Crippen LogP contribution is 2.28. The van der Waals surface area contributed by atoms with Crippen LogP contribution in [0.5, 0.6) is 11.5 Å². The van der Waals surface area contributed by atoms with Crippen molar-refractivity contribution in [3.8, 4) is 11.5 Å². The Labute approximate surface area is 128 Å². The molecule has 1 unspecified atom stereocenters. The molecule has 4 nitrogen and oxygen atoms in total. The third kappa shape index (κ3) is 3.66. The van der Waals surface area contributed by atoms with Crippen LogP contribution in [-0.4, -0.2) is 42.4 Å². The molecule has 0 radical (unpaired) electrons. The Morgan fingerprint density at radius 3 is 2.80 bits per heavy atom. The molecule has 1 amide bonds. The predicted molar refractivity (Wildman–Crippen MR) is 81.8 cm³/mol. The van der Waals surface area contributed by atoms with Crippen LogP contribution < -0.4 is 9.47 Å². The van der Waals surface area contributed by atoms with Gasteiger partial charge in [0.25, 0.3) is 0 Å². The predicted octanol–water partition coefficient (Wildman–Crippen LogP) is 2.63. The van der Waals surface area contributed by atoms with Crippen molar-refractivity contribution in [3.63, 3.8) is 0 Å². The average Bonchev–Trinajstić information content (AvgIpc) is 2.76. The highest BCUT2D eigenvalue weighted by Gasteiger charge is 2.27. The summed E-state index contributed by atoms with van der Waals surface area (Å²) in [6.45, 7) is 4.11. The van der Waals surface area contributed by atoms with Gasteiger partial charge in [-0.2, -0.15) is 0 Å². The lowest BCUT2D eigenvalue weighted by Gasteiger charge is -2.16. The van der Waals surface area contributed by atoms with E-state index < -0.39 is 0 Å². The van der Waals surface area contributed by atoms with Crippen LogP contribution in [0.2, 0.25) is 0 Å². The molecule has 1 aliphatic heterocycles. The van der Waals surface area contributed by atoms with E-state index in [2.05, 4.69) is 15.9 Å². The van der Waals surface area contributed by atoms with Crippen LogP contribution in [0.1, 0.15) is 18.9 Å². The Bertz CT molecular complexity index is 478. The first kappa shape index (κ1) is 15.2. The summed E-state index contributed by atoms with van der Waals surface area (Å²) in [6.07, 6.45) is 1.43. The minimum absolute atomic E-state index is 0.227. The second-order valence-corrected chi connectivity index (χ2v) is 6.10. The molecule has 0 spiro atoms. The summed E-state index contributed by atoms with van der Waals surface area (Å²) < 4.78 is 10.8. The smallest absolute Gasteiger partial charge is 0.223 e. The first-order chi connectivity index (χ1) is 9.63. The molecule has 1 saturated heterocycles. The molecule has 0 saturated carbocycles. The van der Waals surface area contributed by atoms with Gasteiger partial charge in [0.05, 0.1) is 13.7 Å². The van der Waals surface area contributed by atoms with Crippen molar-refractivity contribution in [2.75, 3.05) is 26.8 Å². The zero-order valence-electron chi connectivity index (χ0n) is 11.9. The summed E-state index contributed by atoms with van der Waals surface area (Å²) in [5.74, 6) is 1.73. The van der Waals surface area contributed by atoms with E-state index >= 15 is 0 Å². The number of carbonyl (C=O) groups is 1. The van der Waals surface area contributed by atoms with Gasteiger partial charge in [-0.1, -0.05) is 22.0 Å². The number of nitrogens with zero attached hydrogens (tertiary/aromatic N) is 1. The molecule has 1 aromatic rings. The number of benzene rings is 1. The zero-order valence-corrected chi connectivity index (χ0v) is 13.5. The fourth-order valence-electron chi connectivity index (χ4n) is 2.35. The second-order valence-electron chi connectivity index (χ2n) is 4.81. The largest absolute Gasteiger partial charge is 0.493 e. The molecule has 1 aromatic carbocycles. The van der Waals surface area contributed by atoms with E-state index in [0.29, 0.717) is 17.9 Å². The Morgan fingerprint density at radius 2 is 2.20 bits per heavy atom. The number of amides is 1. The Morgan fingerprint density at radius 1 is 1.40 bits per heavy atom. The number of ether oxygens (including phenoxy) is 2. The molecule has 0 aliphatic carbocycles. The zero-order chi connectivity index (χ0) is 14.5. The highest BCUT2D eigenvalue weighted by molar-refractivity contribution is 9.09. The van der Waals surface area contributed by atoms with Gasteiger partial charge in [0.2, 0.25) is 5.91 Å². The van der Waals surface area contributed by atoms with Crippen molar-refractivity contribution in [2.45, 2.75) is 24.6 Å². The fourth-order valence-corrected chi connectivity index (χ4v) is 2.97. The Kier molecular flexibility index (Phi) is 5.29. The maximum Gasteiger partial charge on any atom is 0.223 e. The van der Waals surface area contributed by atoms with Crippen LogP contribution in [0, 0.1) is 0 Å². The topological polar surface area (TPSA) is 38.8 Å². The summed E-state index contributed by atoms with van der Waals surface area (Å²) >= 11 is 3.50. The van der Waals surface area contributed by atoms with Gasteiger partial charge in [0, 0.05) is 24.3 Å². The van der Waals surface area contributed by atoms with E-state index in [0.717, 1.165) is 36.6 Å². The van der Waals surface area contributed by atoms with Gasteiger partial charge in [-0.25, -0.2) is 0 Å². The molecule has 1 atom stereocenters. The lowest BCUT2D eigenvalue weighted by molar-refractivity contribution is -0.127. The Hall–Kier alpha value is -1.23. The Balaban J connectivity index is 1.98. The highest BCUT2D eigenvalue weighted by atomic mass is 79.9. The molecule has 0 N–H and O–H groups in total. The van der Waals surface area contributed by atoms with Gasteiger partial charge in [-0.05, 0) is 31.0 Å². The quantitative estimate of drug-likeness (QED) is 0.746. The van der Waals surface area contributed by atoms with Crippen LogP contribution in [0.4, 0.5) is 0 Å². The first-order valence-electron chi connectivity index (χ1n) is 6.85. The molecule has 0 aromatic heterocycles. The molecular weight excluding hydrogens is 322 g/mol. The number of methoxy groups -OCH3 is 1. The number of alkyl halides is 1. The standard InChI is InChI=1S/C15H20BrNO3/c1-3-20-13-5-4-11(8-14(13)19-2)6-7-17-10-12(16)9-15(17)18/h4-5,8,12H,3,6-7,9-10H2,1-2H3. The third-order valence-electron chi connectivity index (χ3n) is 3.37. The third-order valence-corrected chi connectivity index (χ3v) is 3.98. The van der Waals surface area contributed by atoms with E-state index in [-0.39, 0.29) is 5.91 Å². The summed E-state index contributed by atoms with van der Waals surface area (Å²) in [6, 6.07) is 5.94. The van der Waals surface area contributed by atoms with E-state index in [1.54, 1.807) is 7.11 Å². The lowest BCUT2D eigenvalue weighted by atomic mass is 10.1. The van der Waals surface area contributed by atoms with Gasteiger partial charge in [-0.15, -0.1) is 0 Å². The first-order valence-corrected chi connectivity index (χ1v) is 7.77. The van der Waals surface area contributed by atoms with E-state index in [9.17, 15) is 4.79 Å². The maximum absolute atomic E-state index is 11.7. The van der Waals surface area contributed by atoms with Gasteiger partial charge >= 0.3 is 0 Å². The summed E-state index contributed by atoms with van der Waals surface area (Å²) in [5, 5.41) is 0. The van der Waals surface area contributed by atoms with Gasteiger partial charge < -0.3 is 14.4 Å². The number of carbonyl (C=O) groups excluding carboxylic acids is 1. The molecule has 2 rings (SSSR count). The molecule has 5 heteroatoms. The monoisotopic (exact) mass is 341 g/mol. The van der Waals surface area contributed by atoms with Crippen LogP contribution >= 0.6 is 15.9 Å². The van der Waals surface area contributed by atoms with Gasteiger partial charge in [0.1, 0.15) is 0 Å². The van der Waals surface area contributed by atoms with Crippen molar-refractivity contribution in [3.05, 3.63) is 23.8 Å². The van der Waals surface area contributed by atoms with Gasteiger partial charge in [-0.3, -0.25) is 4.79 Å². The SMILES string of the molecule is CCOc1ccc(CCN2CC(Br)CC2=O)cc1OC. The summed E-state index contributed by atoms with van der Waals surface area (Å²) in [5.41, 5.74) is 1.15. The van der Waals surface area contributed by atoms with E-state index in [4.69, 9.17) is 9.47 Å². The summed E-state index contributed by atoms with van der Waals surface area (Å²) in [4.78, 5) is 13.9. The maximum atomic E-state index is 11.7. The van der Waals surface area contributed by atoms with E-state index in [1.165, 1.54) is 0 Å². The number of hydrogen-bond donors (Lipinski definition) is 0. The van der Waals surface area contributed by atoms with Crippen molar-refractivity contribution in [2.24, 2.45) is 0 Å². The van der Waals surface area contributed by atoms with Crippen molar-refractivity contribution in [1.82, 2.24) is 4.90 Å². The molecule has 1 aliphatic rings. The van der Waals surface area contributed by atoms with Crippen molar-refractivity contribution < 1.29 is 14.3 Å². The van der Waals surface area contributed by atoms with E-state index in [1.807, 2.05) is 30.0 Å². The second kappa shape index (κ2) is 6.97. The van der Waals surface area contributed by atoms with Crippen molar-refractivity contribution >= 4 is 21.8 Å². The molecule has 1 fully saturated rings. The normalized spacial score (nSPS) is 18.4. The minimum atomic E-state index is 0.227. The number of halogens is 1. The molecule has 1 heterocycles. The van der Waals surface area contributed by atoms with Gasteiger partial charge in [0.15, 0.2) is 11.5 Å². The fraction of sp³-hybridized carbons (Fsp3) is 0.533. The van der Waals surface area contributed by atoms with Crippen LogP contribution in [-0.2, 0) is 11.2 Å². The molecular formula is C15H20BrNO3. The number of rotatable bonds is 6. The average molecular weight is 342 g/mol. The van der Waals surface area contributed by atoms with Crippen LogP contribution in [0.3, 0.4) is 0 Å². The lowest BCUT2D eigenvalue weighted by Crippen LogP contribution is -2.27. The van der Waals surface area contributed by atoms with Crippen LogP contribution in [0.15, 0.2) is 18.2 Å². The number of hydrogen-bond acceptors (Lipinski definition) is 3. The van der Waals surface area contributed by atoms with Crippen LogP contribution in [0.25, 0.3) is 0 Å². The van der Waals surface area contributed by atoms with Crippen molar-refractivity contribution in [1.29, 1.82) is 0 Å². The minimum Gasteiger partial charge on any atom is -0.493 e. The molecule has 110 valence electrons. The molecule has 20 heavy (non-hydrogen) atoms.